The molecule has 91 valence electrons. The van der Waals surface area contributed by atoms with Crippen molar-refractivity contribution < 1.29 is 42.9 Å². The fourth-order valence-electron chi connectivity index (χ4n) is 1.02. The number of hydrogen-bond donors (Lipinski definition) is 2. The quantitative estimate of drug-likeness (QED) is 0.534. The van der Waals surface area contributed by atoms with E-state index in [1.807, 2.05) is 6.08 Å². The van der Waals surface area contributed by atoms with E-state index >= 15 is 0 Å². The molecule has 0 heterocycles. The molecule has 0 amide bonds. The van der Waals surface area contributed by atoms with Crippen LogP contribution in [-0.2, 0) is 32.7 Å². The van der Waals surface area contributed by atoms with E-state index in [2.05, 4.69) is 18.7 Å². The summed E-state index contributed by atoms with van der Waals surface area (Å²) in [4.78, 5) is 0. The van der Waals surface area contributed by atoms with E-state index in [1.165, 1.54) is 0 Å². The van der Waals surface area contributed by atoms with Crippen LogP contribution in [-0.4, -0.2) is 23.4 Å². The Morgan fingerprint density at radius 3 is 2.00 bits per heavy atom. The van der Waals surface area contributed by atoms with Gasteiger partial charge in [-0.15, -0.1) is 6.58 Å². The summed E-state index contributed by atoms with van der Waals surface area (Å²) in [5.74, 6) is 0.180. The van der Waals surface area contributed by atoms with E-state index in [0.29, 0.717) is 0 Å². The van der Waals surface area contributed by atoms with Gasteiger partial charge in [0, 0.05) is 45.2 Å². The van der Waals surface area contributed by atoms with Gasteiger partial charge in [-0.3, -0.25) is 0 Å². The molecule has 1 radical (unpaired) electrons. The third kappa shape index (κ3) is 14.2. The van der Waals surface area contributed by atoms with Crippen LogP contribution < -0.4 is 0 Å². The average molecular weight is 301 g/mol. The minimum Gasteiger partial charge on any atom is -0.396 e. The van der Waals surface area contributed by atoms with Crippen LogP contribution in [0.2, 0.25) is 0 Å². The van der Waals surface area contributed by atoms with Gasteiger partial charge in [0.05, 0.1) is 6.61 Å². The van der Waals surface area contributed by atoms with Crippen molar-refractivity contribution in [3.8, 4) is 0 Å². The maximum atomic E-state index is 8.85. The summed E-state index contributed by atoms with van der Waals surface area (Å²) in [6.07, 6.45) is 12.4. The molecule has 0 rings (SSSR count). The Kier molecular flexibility index (Phi) is 23.7. The van der Waals surface area contributed by atoms with Crippen molar-refractivity contribution >= 4 is 0 Å². The van der Waals surface area contributed by atoms with Crippen LogP contribution in [0.1, 0.15) is 26.7 Å². The summed E-state index contributed by atoms with van der Waals surface area (Å²) in [6.45, 7) is 3.92. The molecule has 2 nitrogen and oxygen atoms in total. The first kappa shape index (κ1) is 21.5. The van der Waals surface area contributed by atoms with E-state index in [9.17, 15) is 0 Å². The van der Waals surface area contributed by atoms with Crippen LogP contribution in [0.25, 0.3) is 0 Å². The van der Waals surface area contributed by atoms with Crippen LogP contribution in [0.15, 0.2) is 37.0 Å². The predicted molar refractivity (Wildman–Crippen MR) is 66.7 cm³/mol. The van der Waals surface area contributed by atoms with Gasteiger partial charge < -0.3 is 10.2 Å². The van der Waals surface area contributed by atoms with Gasteiger partial charge >= 0.3 is 0 Å². The average Bonchev–Trinajstić information content (AvgIpc) is 2.22. The third-order valence-corrected chi connectivity index (χ3v) is 1.95. The number of unbranched alkanes of at least 4 members (excludes halogenated alkanes) is 1. The standard InChI is InChI=1S/C12H20O2.CH4.Y/c1-2-12(11-14)9-7-5-3-4-6-8-10-13;;/h2,5-8,12-14H,1,3-4,9-11H2;1H4;/b7-5-,8-6+;;. The van der Waals surface area contributed by atoms with Gasteiger partial charge in [-0.05, 0) is 19.3 Å². The van der Waals surface area contributed by atoms with Crippen molar-refractivity contribution in [1.82, 2.24) is 0 Å². The Hall–Kier alpha value is 0.244. The van der Waals surface area contributed by atoms with Gasteiger partial charge in [0.25, 0.3) is 0 Å². The summed E-state index contributed by atoms with van der Waals surface area (Å²) in [7, 11) is 0. The van der Waals surface area contributed by atoms with Gasteiger partial charge in [0.1, 0.15) is 0 Å². The summed E-state index contributed by atoms with van der Waals surface area (Å²) in [6, 6.07) is 0. The first-order valence-electron chi connectivity index (χ1n) is 4.99. The maximum Gasteiger partial charge on any atom is 0.0612 e. The van der Waals surface area contributed by atoms with Crippen molar-refractivity contribution in [2.75, 3.05) is 13.2 Å². The third-order valence-electron chi connectivity index (χ3n) is 1.95. The molecule has 0 aliphatic heterocycles. The first-order valence-corrected chi connectivity index (χ1v) is 4.99. The van der Waals surface area contributed by atoms with Crippen molar-refractivity contribution in [2.24, 2.45) is 5.92 Å². The smallest absolute Gasteiger partial charge is 0.0612 e. The topological polar surface area (TPSA) is 40.5 Å². The van der Waals surface area contributed by atoms with Crippen molar-refractivity contribution in [3.63, 3.8) is 0 Å². The van der Waals surface area contributed by atoms with Gasteiger partial charge in [-0.1, -0.05) is 37.8 Å². The maximum absolute atomic E-state index is 8.85. The molecule has 2 N–H and O–H groups in total. The van der Waals surface area contributed by atoms with E-state index in [1.54, 1.807) is 12.2 Å². The van der Waals surface area contributed by atoms with Crippen LogP contribution in [0.4, 0.5) is 0 Å². The van der Waals surface area contributed by atoms with Crippen LogP contribution in [0.3, 0.4) is 0 Å². The van der Waals surface area contributed by atoms with Crippen LogP contribution in [0, 0.1) is 5.92 Å². The summed E-state index contributed by atoms with van der Waals surface area (Å²) in [5, 5.41) is 17.3. The second-order valence-corrected chi connectivity index (χ2v) is 3.12. The number of hydrogen-bond acceptors (Lipinski definition) is 2. The van der Waals surface area contributed by atoms with E-state index in [-0.39, 0.29) is 59.3 Å². The van der Waals surface area contributed by atoms with Crippen LogP contribution >= 0.6 is 0 Å². The zero-order valence-electron chi connectivity index (χ0n) is 9.18. The second-order valence-electron chi connectivity index (χ2n) is 3.12. The summed E-state index contributed by atoms with van der Waals surface area (Å²) < 4.78 is 0. The van der Waals surface area contributed by atoms with Crippen molar-refractivity contribution in [1.29, 1.82) is 0 Å². The monoisotopic (exact) mass is 301 g/mol. The molecule has 0 saturated carbocycles. The molecule has 0 aromatic carbocycles. The number of rotatable bonds is 8. The second kappa shape index (κ2) is 17.6. The zero-order valence-corrected chi connectivity index (χ0v) is 12.0. The van der Waals surface area contributed by atoms with Gasteiger partial charge in [0.15, 0.2) is 0 Å². The van der Waals surface area contributed by atoms with Crippen molar-refractivity contribution in [3.05, 3.63) is 37.0 Å². The minimum atomic E-state index is 0. The molecule has 0 aliphatic rings. The molecule has 0 spiro atoms. The van der Waals surface area contributed by atoms with Gasteiger partial charge in [0.2, 0.25) is 0 Å². The zero-order chi connectivity index (χ0) is 10.6. The van der Waals surface area contributed by atoms with E-state index in [0.717, 1.165) is 19.3 Å². The number of aliphatic hydroxyl groups is 2. The minimum absolute atomic E-state index is 0. The fourth-order valence-corrected chi connectivity index (χ4v) is 1.02. The SMILES string of the molecule is C.C=CC(CO)C/C=C\CC/C=C/CO.[Y]. The number of allylic oxidation sites excluding steroid dienone is 3. The van der Waals surface area contributed by atoms with E-state index in [4.69, 9.17) is 10.2 Å². The largest absolute Gasteiger partial charge is 0.396 e. The molecule has 1 unspecified atom stereocenters. The molecule has 1 atom stereocenters. The molecule has 0 bridgehead atoms. The van der Waals surface area contributed by atoms with E-state index < -0.39 is 0 Å². The molecular formula is C13H24O2Y. The molecule has 0 aromatic heterocycles. The van der Waals surface area contributed by atoms with Crippen molar-refractivity contribution in [2.45, 2.75) is 26.7 Å². The summed E-state index contributed by atoms with van der Waals surface area (Å²) >= 11 is 0. The first-order chi connectivity index (χ1) is 6.85. The van der Waals surface area contributed by atoms with Crippen LogP contribution in [0.5, 0.6) is 0 Å². The molecule has 16 heavy (non-hydrogen) atoms. The number of aliphatic hydroxyl groups excluding tert-OH is 2. The molecule has 0 fully saturated rings. The Labute approximate surface area is 125 Å². The fraction of sp³-hybridized carbons (Fsp3) is 0.538. The molecule has 0 saturated heterocycles. The Morgan fingerprint density at radius 2 is 1.56 bits per heavy atom. The molecule has 0 aliphatic carbocycles. The predicted octanol–water partition coefficient (Wildman–Crippen LogP) is 2.69. The Morgan fingerprint density at radius 1 is 1.00 bits per heavy atom. The summed E-state index contributed by atoms with van der Waals surface area (Å²) in [5.41, 5.74) is 0. The van der Waals surface area contributed by atoms with Gasteiger partial charge in [-0.25, -0.2) is 0 Å². The van der Waals surface area contributed by atoms with Gasteiger partial charge in [-0.2, -0.15) is 0 Å². The normalized spacial score (nSPS) is 12.1. The molecule has 3 heteroatoms. The molecule has 0 aromatic rings. The molecular weight excluding hydrogens is 277 g/mol. The Balaban J connectivity index is -0.000000845. The Bertz CT molecular complexity index is 188.